The number of carbonyl (C=O) groups excluding carboxylic acids is 1. The third-order valence-corrected chi connectivity index (χ3v) is 3.90. The van der Waals surface area contributed by atoms with Crippen LogP contribution in [0.5, 0.6) is 17.2 Å². The number of methoxy groups -OCH3 is 1. The highest BCUT2D eigenvalue weighted by Gasteiger charge is 2.17. The van der Waals surface area contributed by atoms with Crippen LogP contribution < -0.4 is 19.5 Å². The molecule has 0 fully saturated rings. The molecule has 1 aliphatic rings. The molecule has 6 heteroatoms. The van der Waals surface area contributed by atoms with E-state index in [1.54, 1.807) is 37.5 Å². The van der Waals surface area contributed by atoms with Crippen LogP contribution in [0.25, 0.3) is 6.08 Å². The fraction of sp³-hybridized carbons (Fsp3) is 0.250. The maximum absolute atomic E-state index is 12.9. The van der Waals surface area contributed by atoms with Gasteiger partial charge in [0.1, 0.15) is 19.0 Å². The lowest BCUT2D eigenvalue weighted by molar-refractivity contribution is -0.116. The molecule has 0 bridgehead atoms. The van der Waals surface area contributed by atoms with Gasteiger partial charge < -0.3 is 19.5 Å². The molecule has 3 rings (SSSR count). The lowest BCUT2D eigenvalue weighted by Crippen LogP contribution is -2.23. The molecule has 0 saturated carbocycles. The lowest BCUT2D eigenvalue weighted by atomic mass is 10.1. The minimum Gasteiger partial charge on any atom is -0.493 e. The Morgan fingerprint density at radius 3 is 2.77 bits per heavy atom. The van der Waals surface area contributed by atoms with Crippen molar-refractivity contribution in [2.45, 2.75) is 6.42 Å². The molecule has 1 aliphatic heterocycles. The number of hydrogen-bond donors (Lipinski definition) is 1. The Morgan fingerprint density at radius 2 is 2.00 bits per heavy atom. The van der Waals surface area contributed by atoms with E-state index >= 15 is 0 Å². The minimum absolute atomic E-state index is 0.207. The highest BCUT2D eigenvalue weighted by molar-refractivity contribution is 5.91. The molecule has 26 heavy (non-hydrogen) atoms. The molecule has 0 atom stereocenters. The van der Waals surface area contributed by atoms with Crippen LogP contribution in [-0.2, 0) is 11.2 Å². The van der Waals surface area contributed by atoms with Gasteiger partial charge in [-0.2, -0.15) is 0 Å². The third kappa shape index (κ3) is 4.53. The van der Waals surface area contributed by atoms with Gasteiger partial charge in [-0.15, -0.1) is 0 Å². The van der Waals surface area contributed by atoms with E-state index in [9.17, 15) is 9.18 Å². The summed E-state index contributed by atoms with van der Waals surface area (Å²) in [6.07, 6.45) is 3.78. The molecular weight excluding hydrogens is 337 g/mol. The highest BCUT2D eigenvalue weighted by atomic mass is 19.1. The largest absolute Gasteiger partial charge is 0.493 e. The van der Waals surface area contributed by atoms with E-state index in [0.29, 0.717) is 43.4 Å². The number of hydrogen-bond acceptors (Lipinski definition) is 4. The van der Waals surface area contributed by atoms with E-state index in [0.717, 1.165) is 11.1 Å². The number of rotatable bonds is 6. The molecule has 2 aromatic carbocycles. The molecule has 0 spiro atoms. The van der Waals surface area contributed by atoms with Crippen molar-refractivity contribution in [3.05, 3.63) is 59.4 Å². The van der Waals surface area contributed by atoms with Gasteiger partial charge in [0, 0.05) is 12.6 Å². The summed E-state index contributed by atoms with van der Waals surface area (Å²) in [6.45, 7) is 1.43. The molecule has 5 nitrogen and oxygen atoms in total. The van der Waals surface area contributed by atoms with Crippen molar-refractivity contribution in [1.82, 2.24) is 5.32 Å². The van der Waals surface area contributed by atoms with Crippen LogP contribution in [0, 0.1) is 5.82 Å². The zero-order valence-corrected chi connectivity index (χ0v) is 14.5. The van der Waals surface area contributed by atoms with E-state index in [-0.39, 0.29) is 11.7 Å². The number of ether oxygens (including phenoxy) is 3. The van der Waals surface area contributed by atoms with Crippen LogP contribution in [0.3, 0.4) is 0 Å². The quantitative estimate of drug-likeness (QED) is 0.808. The Bertz CT molecular complexity index is 785. The summed E-state index contributed by atoms with van der Waals surface area (Å²) in [5.41, 5.74) is 1.74. The summed E-state index contributed by atoms with van der Waals surface area (Å²) in [4.78, 5) is 12.0. The zero-order valence-electron chi connectivity index (χ0n) is 14.5. The number of halogens is 1. The number of carbonyl (C=O) groups is 1. The first-order valence-electron chi connectivity index (χ1n) is 8.33. The fourth-order valence-electron chi connectivity index (χ4n) is 2.60. The number of nitrogens with one attached hydrogen (secondary N) is 1. The number of benzene rings is 2. The monoisotopic (exact) mass is 357 g/mol. The molecule has 136 valence electrons. The van der Waals surface area contributed by atoms with Gasteiger partial charge in [-0.25, -0.2) is 4.39 Å². The van der Waals surface area contributed by atoms with Gasteiger partial charge in [0.25, 0.3) is 0 Å². The summed E-state index contributed by atoms with van der Waals surface area (Å²) in [5.74, 6) is 1.28. The van der Waals surface area contributed by atoms with Gasteiger partial charge in [0.05, 0.1) is 7.11 Å². The first-order valence-corrected chi connectivity index (χ1v) is 8.33. The smallest absolute Gasteiger partial charge is 0.244 e. The zero-order chi connectivity index (χ0) is 18.4. The van der Waals surface area contributed by atoms with Crippen LogP contribution in [0.15, 0.2) is 42.5 Å². The molecule has 0 saturated heterocycles. The van der Waals surface area contributed by atoms with Gasteiger partial charge in [-0.1, -0.05) is 12.1 Å². The Kier molecular flexibility index (Phi) is 5.73. The summed E-state index contributed by atoms with van der Waals surface area (Å²) in [5, 5.41) is 2.80. The average molecular weight is 357 g/mol. The predicted octanol–water partition coefficient (Wildman–Crippen LogP) is 2.98. The predicted molar refractivity (Wildman–Crippen MR) is 96.1 cm³/mol. The Balaban J connectivity index is 1.57. The SMILES string of the molecule is COc1cc(/C=C/C(=O)NCCc2ccc(F)cc2)cc2c1OCCO2. The van der Waals surface area contributed by atoms with Crippen molar-refractivity contribution < 1.29 is 23.4 Å². The van der Waals surface area contributed by atoms with Crippen molar-refractivity contribution in [3.8, 4) is 17.2 Å². The van der Waals surface area contributed by atoms with Crippen LogP contribution in [0.1, 0.15) is 11.1 Å². The van der Waals surface area contributed by atoms with E-state index in [1.165, 1.54) is 18.2 Å². The van der Waals surface area contributed by atoms with Crippen LogP contribution in [0.4, 0.5) is 4.39 Å². The van der Waals surface area contributed by atoms with Crippen molar-refractivity contribution >= 4 is 12.0 Å². The number of amides is 1. The van der Waals surface area contributed by atoms with Gasteiger partial charge in [0.15, 0.2) is 11.5 Å². The van der Waals surface area contributed by atoms with Crippen molar-refractivity contribution in [2.24, 2.45) is 0 Å². The molecule has 0 aromatic heterocycles. The molecule has 0 unspecified atom stereocenters. The molecule has 1 heterocycles. The van der Waals surface area contributed by atoms with E-state index in [4.69, 9.17) is 14.2 Å². The standard InChI is InChI=1S/C20H20FNO4/c1-24-17-12-15(13-18-20(17)26-11-10-25-18)4-7-19(23)22-9-8-14-2-5-16(21)6-3-14/h2-7,12-13H,8-11H2,1H3,(H,22,23)/b7-4+. The first kappa shape index (κ1) is 17.8. The average Bonchev–Trinajstić information content (AvgIpc) is 2.67. The van der Waals surface area contributed by atoms with Crippen molar-refractivity contribution in [3.63, 3.8) is 0 Å². The summed E-state index contributed by atoms with van der Waals surface area (Å²) >= 11 is 0. The summed E-state index contributed by atoms with van der Waals surface area (Å²) < 4.78 is 29.3. The highest BCUT2D eigenvalue weighted by Crippen LogP contribution is 2.40. The van der Waals surface area contributed by atoms with E-state index in [1.807, 2.05) is 0 Å². The van der Waals surface area contributed by atoms with E-state index < -0.39 is 0 Å². The van der Waals surface area contributed by atoms with Gasteiger partial charge in [-0.3, -0.25) is 4.79 Å². The maximum atomic E-state index is 12.9. The fourth-order valence-corrected chi connectivity index (χ4v) is 2.60. The Labute approximate surface area is 151 Å². The maximum Gasteiger partial charge on any atom is 0.244 e. The van der Waals surface area contributed by atoms with Crippen LogP contribution in [0.2, 0.25) is 0 Å². The van der Waals surface area contributed by atoms with Crippen LogP contribution >= 0.6 is 0 Å². The molecule has 1 N–H and O–H groups in total. The van der Waals surface area contributed by atoms with Crippen molar-refractivity contribution in [1.29, 1.82) is 0 Å². The second-order valence-electron chi connectivity index (χ2n) is 5.75. The topological polar surface area (TPSA) is 56.8 Å². The Morgan fingerprint density at radius 1 is 1.23 bits per heavy atom. The molecule has 0 aliphatic carbocycles. The third-order valence-electron chi connectivity index (χ3n) is 3.90. The van der Waals surface area contributed by atoms with Gasteiger partial charge in [-0.05, 0) is 47.9 Å². The summed E-state index contributed by atoms with van der Waals surface area (Å²) in [7, 11) is 1.56. The molecule has 2 aromatic rings. The van der Waals surface area contributed by atoms with Gasteiger partial charge >= 0.3 is 0 Å². The van der Waals surface area contributed by atoms with E-state index in [2.05, 4.69) is 5.32 Å². The number of fused-ring (bicyclic) bond motifs is 1. The normalized spacial score (nSPS) is 12.8. The first-order chi connectivity index (χ1) is 12.7. The summed E-state index contributed by atoms with van der Waals surface area (Å²) in [6, 6.07) is 9.82. The van der Waals surface area contributed by atoms with Crippen molar-refractivity contribution in [2.75, 3.05) is 26.9 Å². The second kappa shape index (κ2) is 8.38. The van der Waals surface area contributed by atoms with Gasteiger partial charge in [0.2, 0.25) is 11.7 Å². The molecular formula is C20H20FNO4. The molecule has 0 radical (unpaired) electrons. The minimum atomic E-state index is -0.268. The van der Waals surface area contributed by atoms with Crippen LogP contribution in [-0.4, -0.2) is 32.8 Å². The Hall–Kier alpha value is -3.02. The second-order valence-corrected chi connectivity index (χ2v) is 5.75. The lowest BCUT2D eigenvalue weighted by Gasteiger charge is -2.20. The molecule has 1 amide bonds.